The molecule has 0 aromatic heterocycles. The van der Waals surface area contributed by atoms with Crippen LogP contribution in [0.5, 0.6) is 0 Å². The summed E-state index contributed by atoms with van der Waals surface area (Å²) in [5, 5.41) is 0. The molecule has 0 unspecified atom stereocenters. The molecule has 0 radical (unpaired) electrons. The summed E-state index contributed by atoms with van der Waals surface area (Å²) < 4.78 is 110. The molecule has 2 aliphatic heterocycles. The van der Waals surface area contributed by atoms with Gasteiger partial charge < -0.3 is 19.6 Å². The second-order valence-corrected chi connectivity index (χ2v) is 12.8. The van der Waals surface area contributed by atoms with Gasteiger partial charge in [0.2, 0.25) is 0 Å². The van der Waals surface area contributed by atoms with Crippen LogP contribution in [0.2, 0.25) is 0 Å². The molecule has 234 valence electrons. The Kier molecular flexibility index (Phi) is 15.2. The largest absolute Gasteiger partial charge is 0.512 e. The van der Waals surface area contributed by atoms with Crippen LogP contribution in [0.15, 0.2) is 50.4 Å². The second-order valence-electron chi connectivity index (χ2n) is 8.65. The maximum absolute atomic E-state index is 11.7. The van der Waals surface area contributed by atoms with Crippen molar-refractivity contribution in [2.45, 2.75) is 63.4 Å². The van der Waals surface area contributed by atoms with E-state index in [0.29, 0.717) is 0 Å². The minimum Gasteiger partial charge on any atom is -0.358 e. The number of sulfonamides is 2. The van der Waals surface area contributed by atoms with Gasteiger partial charge in [0.25, 0.3) is 0 Å². The van der Waals surface area contributed by atoms with Gasteiger partial charge >= 0.3 is 31.1 Å². The first kappa shape index (κ1) is 37.6. The van der Waals surface area contributed by atoms with Crippen molar-refractivity contribution in [1.82, 2.24) is 23.3 Å². The fourth-order valence-corrected chi connectivity index (χ4v) is 5.55. The maximum Gasteiger partial charge on any atom is 0.512 e. The van der Waals surface area contributed by atoms with Crippen molar-refractivity contribution in [2.75, 3.05) is 33.5 Å². The molecule has 9 nitrogen and oxygen atoms in total. The average Bonchev–Trinajstić information content (AvgIpc) is 3.50. The summed E-state index contributed by atoms with van der Waals surface area (Å²) in [6, 6.07) is 0. The first-order valence-electron chi connectivity index (χ1n) is 12.0. The standard InChI is InChI=1S/C19H32N4.C3H3F6NO4S2.CH4/c1-3-20-14-16-22(18-20)12-10-8-6-5-7-9-11-13-23-17-15-21(4-2)19-23;1-10(15(11,12)2(4,5)6)16(13,14)3(7,8)9;/h3-4,14-17H,1-2,5-13,18-19H2;1H3;1H4. The monoisotopic (exact) mass is 627 g/mol. The average molecular weight is 628 g/mol. The van der Waals surface area contributed by atoms with Gasteiger partial charge in [-0.1, -0.05) is 56.4 Å². The zero-order valence-corrected chi connectivity index (χ0v) is 23.2. The smallest absolute Gasteiger partial charge is 0.358 e. The Morgan fingerprint density at radius 1 is 0.675 bits per heavy atom. The predicted molar refractivity (Wildman–Crippen MR) is 142 cm³/mol. The minimum atomic E-state index is -6.59. The number of nitrogens with zero attached hydrogens (tertiary/aromatic N) is 5. The highest BCUT2D eigenvalue weighted by atomic mass is 32.3. The molecule has 2 heterocycles. The molecule has 0 aliphatic carbocycles. The van der Waals surface area contributed by atoms with E-state index in [0.717, 1.165) is 13.3 Å². The number of unbranched alkanes of at least 4 members (excludes halogenated alkanes) is 6. The third-order valence-electron chi connectivity index (χ3n) is 5.75. The van der Waals surface area contributed by atoms with Crippen LogP contribution in [0.4, 0.5) is 26.3 Å². The van der Waals surface area contributed by atoms with E-state index < -0.39 is 34.8 Å². The highest BCUT2D eigenvalue weighted by Gasteiger charge is 2.59. The van der Waals surface area contributed by atoms with Crippen LogP contribution in [0.3, 0.4) is 0 Å². The summed E-state index contributed by atoms with van der Waals surface area (Å²) in [4.78, 5) is 8.95. The Hall–Kier alpha value is -2.40. The molecule has 0 aromatic carbocycles. The van der Waals surface area contributed by atoms with Crippen molar-refractivity contribution in [3.05, 3.63) is 50.4 Å². The molecule has 0 spiro atoms. The molecular weight excluding hydrogens is 588 g/mol. The first-order valence-corrected chi connectivity index (χ1v) is 14.8. The summed E-state index contributed by atoms with van der Waals surface area (Å²) >= 11 is 0. The van der Waals surface area contributed by atoms with E-state index in [1.165, 1.54) is 58.0 Å². The normalized spacial score (nSPS) is 15.8. The lowest BCUT2D eigenvalue weighted by atomic mass is 10.1. The number of halogens is 6. The van der Waals surface area contributed by atoms with Crippen molar-refractivity contribution in [3.63, 3.8) is 0 Å². The van der Waals surface area contributed by atoms with E-state index in [1.54, 1.807) is 0 Å². The maximum atomic E-state index is 11.7. The summed E-state index contributed by atoms with van der Waals surface area (Å²) in [6.45, 7) is 11.9. The van der Waals surface area contributed by atoms with Gasteiger partial charge in [-0.15, -0.1) is 0 Å². The molecule has 0 aromatic rings. The van der Waals surface area contributed by atoms with Gasteiger partial charge in [0, 0.05) is 44.9 Å². The zero-order valence-electron chi connectivity index (χ0n) is 21.6. The first-order chi connectivity index (χ1) is 18.0. The molecule has 0 saturated carbocycles. The third-order valence-corrected chi connectivity index (χ3v) is 9.45. The van der Waals surface area contributed by atoms with Gasteiger partial charge in [0.05, 0.1) is 13.3 Å². The van der Waals surface area contributed by atoms with Crippen molar-refractivity contribution in [1.29, 1.82) is 0 Å². The van der Waals surface area contributed by atoms with Gasteiger partial charge in [-0.25, -0.2) is 16.8 Å². The Balaban J connectivity index is 0.000000794. The van der Waals surface area contributed by atoms with Crippen molar-refractivity contribution >= 4 is 20.0 Å². The number of rotatable bonds is 14. The van der Waals surface area contributed by atoms with Crippen molar-refractivity contribution in [2.24, 2.45) is 0 Å². The molecule has 2 rings (SSSR count). The topological polar surface area (TPSA) is 84.5 Å². The van der Waals surface area contributed by atoms with Crippen molar-refractivity contribution < 1.29 is 43.2 Å². The SMILES string of the molecule is C.C=CN1C=CN(CCCCCCCCCN2C=CN(C=C)C2)C1.CN(S(=O)(=O)C(F)(F)F)S(=O)(=O)C(F)(F)F. The van der Waals surface area contributed by atoms with Gasteiger partial charge in [-0.3, -0.25) is 0 Å². The van der Waals surface area contributed by atoms with Crippen molar-refractivity contribution in [3.8, 4) is 0 Å². The fourth-order valence-electron chi connectivity index (χ4n) is 3.43. The predicted octanol–water partition coefficient (Wildman–Crippen LogP) is 5.35. The van der Waals surface area contributed by atoms with Crippen LogP contribution in [-0.2, 0) is 20.0 Å². The van der Waals surface area contributed by atoms with E-state index in [1.807, 2.05) is 12.4 Å². The van der Waals surface area contributed by atoms with Crippen LogP contribution >= 0.6 is 0 Å². The molecule has 0 fully saturated rings. The lowest BCUT2D eigenvalue weighted by Crippen LogP contribution is -2.46. The van der Waals surface area contributed by atoms with Gasteiger partial charge in [-0.2, -0.15) is 26.3 Å². The van der Waals surface area contributed by atoms with E-state index in [4.69, 9.17) is 0 Å². The second kappa shape index (κ2) is 16.1. The van der Waals surface area contributed by atoms with Gasteiger partial charge in [-0.05, 0) is 25.2 Å². The number of alkyl halides is 6. The number of hydrogen-bond acceptors (Lipinski definition) is 8. The molecule has 0 amide bonds. The highest BCUT2D eigenvalue weighted by molar-refractivity contribution is 8.04. The molecule has 0 N–H and O–H groups in total. The molecule has 2 aliphatic rings. The summed E-state index contributed by atoms with van der Waals surface area (Å²) in [5.41, 5.74) is -12.3. The van der Waals surface area contributed by atoms with E-state index in [-0.39, 0.29) is 14.5 Å². The van der Waals surface area contributed by atoms with E-state index in [2.05, 4.69) is 57.6 Å². The Morgan fingerprint density at radius 2 is 0.975 bits per heavy atom. The van der Waals surface area contributed by atoms with E-state index in [9.17, 15) is 43.2 Å². The molecule has 17 heteroatoms. The lowest BCUT2D eigenvalue weighted by molar-refractivity contribution is -0.0523. The van der Waals surface area contributed by atoms with Gasteiger partial charge in [0.1, 0.15) is 0 Å². The Labute approximate surface area is 233 Å². The lowest BCUT2D eigenvalue weighted by Gasteiger charge is -2.19. The minimum absolute atomic E-state index is 0. The third kappa shape index (κ3) is 11.2. The zero-order chi connectivity index (χ0) is 29.9. The van der Waals surface area contributed by atoms with Crippen LogP contribution < -0.4 is 0 Å². The summed E-state index contributed by atoms with van der Waals surface area (Å²) in [6.07, 6.45) is 21.7. The quantitative estimate of drug-likeness (QED) is 0.188. The van der Waals surface area contributed by atoms with E-state index >= 15 is 0 Å². The Bertz CT molecular complexity index is 981. The molecule has 0 saturated heterocycles. The summed E-state index contributed by atoms with van der Waals surface area (Å²) in [7, 11) is -13.5. The molecular formula is C23H39F6N5O4S2. The highest BCUT2D eigenvalue weighted by Crippen LogP contribution is 2.33. The van der Waals surface area contributed by atoms with Crippen LogP contribution in [-0.4, -0.2) is 84.6 Å². The molecule has 0 atom stereocenters. The fraction of sp³-hybridized carbons (Fsp3) is 0.652. The molecule has 0 bridgehead atoms. The van der Waals surface area contributed by atoms with Crippen LogP contribution in [0.1, 0.15) is 52.4 Å². The Morgan fingerprint density at radius 3 is 1.23 bits per heavy atom. The van der Waals surface area contributed by atoms with Gasteiger partial charge in [0.15, 0.2) is 0 Å². The summed E-state index contributed by atoms with van der Waals surface area (Å²) in [5.74, 6) is 0. The number of hydrogen-bond donors (Lipinski definition) is 0. The van der Waals surface area contributed by atoms with Crippen LogP contribution in [0.25, 0.3) is 0 Å². The van der Waals surface area contributed by atoms with Crippen LogP contribution in [0, 0.1) is 0 Å². The molecule has 40 heavy (non-hydrogen) atoms.